The Morgan fingerprint density at radius 3 is 2.67 bits per heavy atom. The predicted molar refractivity (Wildman–Crippen MR) is 80.4 cm³/mol. The Morgan fingerprint density at radius 1 is 1.33 bits per heavy atom. The smallest absolute Gasteiger partial charge is 0.227 e. The van der Waals surface area contributed by atoms with Crippen LogP contribution in [0, 0.1) is 5.92 Å². The van der Waals surface area contributed by atoms with Gasteiger partial charge in [0.25, 0.3) is 0 Å². The van der Waals surface area contributed by atoms with Gasteiger partial charge in [-0.05, 0) is 43.5 Å². The molecule has 0 saturated heterocycles. The zero-order valence-corrected chi connectivity index (χ0v) is 12.0. The van der Waals surface area contributed by atoms with Crippen LogP contribution in [0.2, 0.25) is 0 Å². The summed E-state index contributed by atoms with van der Waals surface area (Å²) < 4.78 is 1.85. The van der Waals surface area contributed by atoms with E-state index in [1.807, 2.05) is 35.9 Å². The summed E-state index contributed by atoms with van der Waals surface area (Å²) in [5.74, 6) is 0.905. The van der Waals surface area contributed by atoms with Crippen molar-refractivity contribution < 1.29 is 4.79 Å². The second kappa shape index (κ2) is 5.65. The van der Waals surface area contributed by atoms with Crippen LogP contribution in [-0.4, -0.2) is 26.7 Å². The molecule has 2 unspecified atom stereocenters. The van der Waals surface area contributed by atoms with Gasteiger partial charge < -0.3 is 15.6 Å². The minimum Gasteiger partial charge on any atom is -0.328 e. The van der Waals surface area contributed by atoms with Crippen LogP contribution in [0.15, 0.2) is 30.6 Å². The highest BCUT2D eigenvalue weighted by Gasteiger charge is 2.27. The molecule has 1 aliphatic rings. The summed E-state index contributed by atoms with van der Waals surface area (Å²) in [6.07, 6.45) is 4.25. The zero-order valence-electron chi connectivity index (χ0n) is 12.0. The lowest BCUT2D eigenvalue weighted by molar-refractivity contribution is -0.119. The molecule has 2 atom stereocenters. The number of nitrogens with two attached hydrogens (primary N) is 1. The minimum atomic E-state index is 0.0402. The number of amides is 1. The van der Waals surface area contributed by atoms with Crippen molar-refractivity contribution in [2.45, 2.75) is 25.3 Å². The Morgan fingerprint density at radius 2 is 2.10 bits per heavy atom. The molecule has 6 nitrogen and oxygen atoms in total. The molecule has 3 N–H and O–H groups in total. The van der Waals surface area contributed by atoms with Crippen LogP contribution in [-0.2, 0) is 11.8 Å². The van der Waals surface area contributed by atoms with Gasteiger partial charge in [0.1, 0.15) is 6.33 Å². The van der Waals surface area contributed by atoms with Crippen molar-refractivity contribution >= 4 is 11.6 Å². The summed E-state index contributed by atoms with van der Waals surface area (Å²) in [5, 5.41) is 10.9. The van der Waals surface area contributed by atoms with Gasteiger partial charge in [0.15, 0.2) is 5.82 Å². The van der Waals surface area contributed by atoms with Crippen molar-refractivity contribution in [1.29, 1.82) is 0 Å². The van der Waals surface area contributed by atoms with E-state index in [-0.39, 0.29) is 17.9 Å². The first-order valence-electron chi connectivity index (χ1n) is 7.14. The highest BCUT2D eigenvalue weighted by molar-refractivity contribution is 5.93. The predicted octanol–water partition coefficient (Wildman–Crippen LogP) is 1.55. The van der Waals surface area contributed by atoms with Crippen molar-refractivity contribution in [3.05, 3.63) is 30.6 Å². The third-order valence-electron chi connectivity index (χ3n) is 3.97. The van der Waals surface area contributed by atoms with Gasteiger partial charge in [0, 0.05) is 30.3 Å². The summed E-state index contributed by atoms with van der Waals surface area (Å²) in [6.45, 7) is 0. The molecule has 110 valence electrons. The lowest BCUT2D eigenvalue weighted by Gasteiger charge is -2.11. The number of nitrogens with zero attached hydrogens (tertiary/aromatic N) is 3. The van der Waals surface area contributed by atoms with Gasteiger partial charge >= 0.3 is 0 Å². The number of anilines is 1. The van der Waals surface area contributed by atoms with E-state index in [0.29, 0.717) is 0 Å². The highest BCUT2D eigenvalue weighted by atomic mass is 16.1. The average molecular weight is 285 g/mol. The lowest BCUT2D eigenvalue weighted by atomic mass is 10.1. The van der Waals surface area contributed by atoms with E-state index in [2.05, 4.69) is 15.5 Å². The molecule has 3 rings (SSSR count). The number of benzene rings is 1. The fourth-order valence-corrected chi connectivity index (χ4v) is 2.75. The molecule has 1 heterocycles. The van der Waals surface area contributed by atoms with Crippen LogP contribution < -0.4 is 11.1 Å². The topological polar surface area (TPSA) is 85.8 Å². The van der Waals surface area contributed by atoms with E-state index in [1.165, 1.54) is 0 Å². The Hall–Kier alpha value is -2.21. The van der Waals surface area contributed by atoms with E-state index in [4.69, 9.17) is 5.73 Å². The van der Waals surface area contributed by atoms with E-state index >= 15 is 0 Å². The monoisotopic (exact) mass is 285 g/mol. The molecule has 1 aromatic carbocycles. The van der Waals surface area contributed by atoms with Gasteiger partial charge in [0.2, 0.25) is 5.91 Å². The van der Waals surface area contributed by atoms with Crippen LogP contribution in [0.5, 0.6) is 0 Å². The Kier molecular flexibility index (Phi) is 3.70. The normalized spacial score (nSPS) is 21.4. The maximum atomic E-state index is 12.1. The molecule has 1 aromatic heterocycles. The molecule has 0 radical (unpaired) electrons. The highest BCUT2D eigenvalue weighted by Crippen LogP contribution is 2.26. The molecular weight excluding hydrogens is 266 g/mol. The maximum absolute atomic E-state index is 12.1. The molecule has 0 aliphatic heterocycles. The summed E-state index contributed by atoms with van der Waals surface area (Å²) in [6, 6.07) is 7.80. The average Bonchev–Trinajstić information content (AvgIpc) is 3.08. The SMILES string of the molecule is Cn1cnnc1-c1ccc(NC(=O)C2CCC(N)C2)cc1. The van der Waals surface area contributed by atoms with Gasteiger partial charge in [-0.25, -0.2) is 0 Å². The first-order chi connectivity index (χ1) is 10.1. The number of rotatable bonds is 3. The fourth-order valence-electron chi connectivity index (χ4n) is 2.75. The number of carbonyl (C=O) groups is 1. The Balaban J connectivity index is 1.67. The van der Waals surface area contributed by atoms with Crippen molar-refractivity contribution in [3.63, 3.8) is 0 Å². The van der Waals surface area contributed by atoms with E-state index in [0.717, 1.165) is 36.3 Å². The van der Waals surface area contributed by atoms with Crippen LogP contribution in [0.3, 0.4) is 0 Å². The number of hydrogen-bond acceptors (Lipinski definition) is 4. The van der Waals surface area contributed by atoms with Gasteiger partial charge in [-0.3, -0.25) is 4.79 Å². The van der Waals surface area contributed by atoms with Crippen LogP contribution in [0.1, 0.15) is 19.3 Å². The summed E-state index contributed by atoms with van der Waals surface area (Å²) >= 11 is 0. The molecule has 1 fully saturated rings. The number of nitrogens with one attached hydrogen (secondary N) is 1. The largest absolute Gasteiger partial charge is 0.328 e. The van der Waals surface area contributed by atoms with E-state index in [1.54, 1.807) is 6.33 Å². The Labute approximate surface area is 123 Å². The summed E-state index contributed by atoms with van der Waals surface area (Å²) in [5.41, 5.74) is 7.62. The van der Waals surface area contributed by atoms with Crippen LogP contribution >= 0.6 is 0 Å². The quantitative estimate of drug-likeness (QED) is 0.896. The second-order valence-corrected chi connectivity index (χ2v) is 5.60. The first-order valence-corrected chi connectivity index (χ1v) is 7.14. The van der Waals surface area contributed by atoms with Crippen LogP contribution in [0.25, 0.3) is 11.4 Å². The van der Waals surface area contributed by atoms with Gasteiger partial charge in [-0.15, -0.1) is 10.2 Å². The fraction of sp³-hybridized carbons (Fsp3) is 0.400. The number of aromatic nitrogens is 3. The number of carbonyl (C=O) groups excluding carboxylic acids is 1. The molecule has 0 bridgehead atoms. The van der Waals surface area contributed by atoms with Crippen molar-refractivity contribution in [2.24, 2.45) is 18.7 Å². The minimum absolute atomic E-state index is 0.0402. The molecule has 2 aromatic rings. The van der Waals surface area contributed by atoms with Crippen molar-refractivity contribution in [1.82, 2.24) is 14.8 Å². The third kappa shape index (κ3) is 2.95. The molecule has 1 saturated carbocycles. The molecule has 1 amide bonds. The third-order valence-corrected chi connectivity index (χ3v) is 3.97. The second-order valence-electron chi connectivity index (χ2n) is 5.60. The van der Waals surface area contributed by atoms with Gasteiger partial charge in [0.05, 0.1) is 0 Å². The molecule has 21 heavy (non-hydrogen) atoms. The molecule has 1 aliphatic carbocycles. The zero-order chi connectivity index (χ0) is 14.8. The van der Waals surface area contributed by atoms with Crippen molar-refractivity contribution in [3.8, 4) is 11.4 Å². The van der Waals surface area contributed by atoms with Crippen molar-refractivity contribution in [2.75, 3.05) is 5.32 Å². The van der Waals surface area contributed by atoms with E-state index in [9.17, 15) is 4.79 Å². The van der Waals surface area contributed by atoms with Crippen LogP contribution in [0.4, 0.5) is 5.69 Å². The van der Waals surface area contributed by atoms with Gasteiger partial charge in [-0.1, -0.05) is 0 Å². The number of aryl methyl sites for hydroxylation is 1. The lowest BCUT2D eigenvalue weighted by Crippen LogP contribution is -2.23. The number of hydrogen-bond donors (Lipinski definition) is 2. The molecule has 0 spiro atoms. The summed E-state index contributed by atoms with van der Waals surface area (Å²) in [7, 11) is 1.90. The molecular formula is C15H19N5O. The summed E-state index contributed by atoms with van der Waals surface area (Å²) in [4.78, 5) is 12.1. The Bertz CT molecular complexity index is 634. The molecule has 6 heteroatoms. The van der Waals surface area contributed by atoms with E-state index < -0.39 is 0 Å². The van der Waals surface area contributed by atoms with Gasteiger partial charge in [-0.2, -0.15) is 0 Å². The first kappa shape index (κ1) is 13.8. The standard InChI is InChI=1S/C15H19N5O/c1-20-9-17-19-14(20)10-3-6-13(7-4-10)18-15(21)11-2-5-12(16)8-11/h3-4,6-7,9,11-12H,2,5,8,16H2,1H3,(H,18,21). The maximum Gasteiger partial charge on any atom is 0.227 e.